The average molecular weight is 297 g/mol. The molecule has 0 aliphatic carbocycles. The molecule has 0 unspecified atom stereocenters. The molecule has 5 nitrogen and oxygen atoms in total. The Hall–Kier alpha value is -2.85. The Kier molecular flexibility index (Phi) is 3.53. The summed E-state index contributed by atoms with van der Waals surface area (Å²) in [7, 11) is 0. The number of thiazole rings is 1. The van der Waals surface area contributed by atoms with E-state index in [0.717, 1.165) is 0 Å². The predicted molar refractivity (Wildman–Crippen MR) is 77.5 cm³/mol. The van der Waals surface area contributed by atoms with Crippen LogP contribution >= 0.6 is 11.3 Å². The molecule has 0 saturated heterocycles. The number of aromatic nitrogens is 3. The first-order valence-electron chi connectivity index (χ1n) is 5.96. The second kappa shape index (κ2) is 5.64. The van der Waals surface area contributed by atoms with Crippen LogP contribution in [0.15, 0.2) is 42.0 Å². The third kappa shape index (κ3) is 2.85. The van der Waals surface area contributed by atoms with Gasteiger partial charge in [0.05, 0.1) is 11.8 Å². The fourth-order valence-electron chi connectivity index (χ4n) is 1.69. The summed E-state index contributed by atoms with van der Waals surface area (Å²) in [6.45, 7) is 0. The smallest absolute Gasteiger partial charge is 0.227 e. The fraction of sp³-hybridized carbons (Fsp3) is 0. The Morgan fingerprint density at radius 1 is 1.19 bits per heavy atom. The highest BCUT2D eigenvalue weighted by atomic mass is 32.1. The zero-order valence-electron chi connectivity index (χ0n) is 10.6. The van der Waals surface area contributed by atoms with Gasteiger partial charge >= 0.3 is 0 Å². The first-order valence-corrected chi connectivity index (χ1v) is 6.84. The van der Waals surface area contributed by atoms with Crippen molar-refractivity contribution in [3.8, 4) is 16.8 Å². The quantitative estimate of drug-likeness (QED) is 0.802. The van der Waals surface area contributed by atoms with Crippen molar-refractivity contribution in [1.82, 2.24) is 15.0 Å². The van der Waals surface area contributed by atoms with Crippen LogP contribution in [0, 0.1) is 17.1 Å². The van der Waals surface area contributed by atoms with Crippen molar-refractivity contribution in [3.63, 3.8) is 0 Å². The van der Waals surface area contributed by atoms with E-state index in [1.54, 1.807) is 18.3 Å². The maximum absolute atomic E-state index is 12.9. The van der Waals surface area contributed by atoms with E-state index in [9.17, 15) is 4.39 Å². The summed E-state index contributed by atoms with van der Waals surface area (Å²) < 4.78 is 12.9. The molecule has 0 bridgehead atoms. The van der Waals surface area contributed by atoms with E-state index in [0.29, 0.717) is 27.9 Å². The molecule has 3 rings (SSSR count). The minimum Gasteiger partial charge on any atom is -0.324 e. The van der Waals surface area contributed by atoms with Gasteiger partial charge in [0, 0.05) is 17.3 Å². The maximum Gasteiger partial charge on any atom is 0.227 e. The number of hydrogen-bond acceptors (Lipinski definition) is 6. The monoisotopic (exact) mass is 297 g/mol. The molecule has 0 atom stereocenters. The van der Waals surface area contributed by atoms with E-state index in [4.69, 9.17) is 5.26 Å². The first-order chi connectivity index (χ1) is 10.3. The minimum absolute atomic E-state index is 0.315. The number of halogens is 1. The highest BCUT2D eigenvalue weighted by molar-refractivity contribution is 7.13. The Bertz CT molecular complexity index is 793. The molecule has 0 amide bonds. The van der Waals surface area contributed by atoms with Crippen molar-refractivity contribution < 1.29 is 4.39 Å². The summed E-state index contributed by atoms with van der Waals surface area (Å²) in [6, 6.07) is 7.90. The fourth-order valence-corrected chi connectivity index (χ4v) is 2.33. The molecule has 0 aliphatic rings. The van der Waals surface area contributed by atoms with Crippen molar-refractivity contribution in [3.05, 3.63) is 53.4 Å². The lowest BCUT2D eigenvalue weighted by atomic mass is 10.2. The Morgan fingerprint density at radius 3 is 2.67 bits per heavy atom. The zero-order chi connectivity index (χ0) is 14.7. The number of nitriles is 1. The molecule has 102 valence electrons. The number of anilines is 2. The molecule has 0 saturated carbocycles. The lowest BCUT2D eigenvalue weighted by Gasteiger charge is -2.06. The standard InChI is InChI=1S/C14H8FN5S/c15-10-1-3-11(4-2-10)19-14-18-8-9(7-16)12(20-14)13-17-5-6-21-13/h1-6,8H,(H,18,19,20). The van der Waals surface area contributed by atoms with E-state index in [1.165, 1.54) is 29.7 Å². The zero-order valence-corrected chi connectivity index (χ0v) is 11.4. The molecule has 0 spiro atoms. The Morgan fingerprint density at radius 2 is 2.00 bits per heavy atom. The van der Waals surface area contributed by atoms with Crippen LogP contribution < -0.4 is 5.32 Å². The molecule has 0 radical (unpaired) electrons. The molecule has 1 aromatic carbocycles. The molecule has 2 aromatic heterocycles. The van der Waals surface area contributed by atoms with Gasteiger partial charge in [0.1, 0.15) is 22.6 Å². The van der Waals surface area contributed by atoms with E-state index in [2.05, 4.69) is 20.3 Å². The Labute approximate surface area is 123 Å². The van der Waals surface area contributed by atoms with Crippen LogP contribution in [0.4, 0.5) is 16.0 Å². The number of benzene rings is 1. The lowest BCUT2D eigenvalue weighted by Crippen LogP contribution is -2.00. The van der Waals surface area contributed by atoms with Crippen LogP contribution in [-0.2, 0) is 0 Å². The molecular weight excluding hydrogens is 289 g/mol. The van der Waals surface area contributed by atoms with Gasteiger partial charge in [0.15, 0.2) is 0 Å². The summed E-state index contributed by atoms with van der Waals surface area (Å²) >= 11 is 1.39. The highest BCUT2D eigenvalue weighted by Crippen LogP contribution is 2.24. The number of hydrogen-bond donors (Lipinski definition) is 1. The third-order valence-electron chi connectivity index (χ3n) is 2.64. The van der Waals surface area contributed by atoms with Crippen molar-refractivity contribution in [2.24, 2.45) is 0 Å². The van der Waals surface area contributed by atoms with Gasteiger partial charge in [-0.25, -0.2) is 19.3 Å². The molecular formula is C14H8FN5S. The van der Waals surface area contributed by atoms with Crippen LogP contribution in [0.25, 0.3) is 10.7 Å². The molecule has 1 N–H and O–H groups in total. The summed E-state index contributed by atoms with van der Waals surface area (Å²) in [4.78, 5) is 12.5. The van der Waals surface area contributed by atoms with Crippen LogP contribution in [0.2, 0.25) is 0 Å². The van der Waals surface area contributed by atoms with E-state index >= 15 is 0 Å². The molecule has 3 aromatic rings. The van der Waals surface area contributed by atoms with Gasteiger partial charge < -0.3 is 5.32 Å². The molecule has 2 heterocycles. The van der Waals surface area contributed by atoms with Gasteiger partial charge in [0.25, 0.3) is 0 Å². The first kappa shape index (κ1) is 13.1. The lowest BCUT2D eigenvalue weighted by molar-refractivity contribution is 0.628. The maximum atomic E-state index is 12.9. The normalized spacial score (nSPS) is 10.1. The van der Waals surface area contributed by atoms with Crippen molar-refractivity contribution >= 4 is 23.0 Å². The summed E-state index contributed by atoms with van der Waals surface area (Å²) in [6.07, 6.45) is 3.09. The largest absolute Gasteiger partial charge is 0.324 e. The van der Waals surface area contributed by atoms with Gasteiger partial charge in [-0.2, -0.15) is 5.26 Å². The van der Waals surface area contributed by atoms with Crippen molar-refractivity contribution in [2.45, 2.75) is 0 Å². The van der Waals surface area contributed by atoms with E-state index in [1.807, 2.05) is 11.4 Å². The molecule has 21 heavy (non-hydrogen) atoms. The second-order valence-electron chi connectivity index (χ2n) is 4.04. The minimum atomic E-state index is -0.315. The van der Waals surface area contributed by atoms with Gasteiger partial charge in [-0.3, -0.25) is 0 Å². The second-order valence-corrected chi connectivity index (χ2v) is 4.93. The highest BCUT2D eigenvalue weighted by Gasteiger charge is 2.11. The molecule has 0 aliphatic heterocycles. The summed E-state index contributed by atoms with van der Waals surface area (Å²) in [5, 5.41) is 14.5. The van der Waals surface area contributed by atoms with Crippen molar-refractivity contribution in [1.29, 1.82) is 5.26 Å². The van der Waals surface area contributed by atoms with Crippen molar-refractivity contribution in [2.75, 3.05) is 5.32 Å². The summed E-state index contributed by atoms with van der Waals surface area (Å²) in [5.41, 5.74) is 1.49. The number of nitrogens with zero attached hydrogens (tertiary/aromatic N) is 4. The SMILES string of the molecule is N#Cc1cnc(Nc2ccc(F)cc2)nc1-c1nccs1. The van der Waals surface area contributed by atoms with Crippen LogP contribution in [0.1, 0.15) is 5.56 Å². The van der Waals surface area contributed by atoms with Crippen LogP contribution in [-0.4, -0.2) is 15.0 Å². The van der Waals surface area contributed by atoms with Crippen LogP contribution in [0.3, 0.4) is 0 Å². The molecule has 0 fully saturated rings. The van der Waals surface area contributed by atoms with Crippen LogP contribution in [0.5, 0.6) is 0 Å². The third-order valence-corrected chi connectivity index (χ3v) is 3.42. The van der Waals surface area contributed by atoms with Gasteiger partial charge in [-0.1, -0.05) is 0 Å². The average Bonchev–Trinajstić information content (AvgIpc) is 3.04. The van der Waals surface area contributed by atoms with Gasteiger partial charge in [0.2, 0.25) is 5.95 Å². The number of nitrogens with one attached hydrogen (secondary N) is 1. The predicted octanol–water partition coefficient (Wildman–Crippen LogP) is 3.35. The van der Waals surface area contributed by atoms with E-state index in [-0.39, 0.29) is 5.82 Å². The topological polar surface area (TPSA) is 74.5 Å². The molecule has 7 heteroatoms. The number of rotatable bonds is 3. The van der Waals surface area contributed by atoms with Gasteiger partial charge in [-0.15, -0.1) is 11.3 Å². The Balaban J connectivity index is 1.96. The summed E-state index contributed by atoms with van der Waals surface area (Å²) in [5.74, 6) is 0.00980. The van der Waals surface area contributed by atoms with E-state index < -0.39 is 0 Å². The van der Waals surface area contributed by atoms with Gasteiger partial charge in [-0.05, 0) is 24.3 Å².